The molecular formula is C16H17F2NO. The van der Waals surface area contributed by atoms with Crippen molar-refractivity contribution in [3.63, 3.8) is 0 Å². The summed E-state index contributed by atoms with van der Waals surface area (Å²) in [6.07, 6.45) is 0.535. The molecule has 0 aromatic heterocycles. The van der Waals surface area contributed by atoms with Gasteiger partial charge in [-0.05, 0) is 18.1 Å². The Morgan fingerprint density at radius 2 is 1.80 bits per heavy atom. The fourth-order valence-electron chi connectivity index (χ4n) is 2.10. The third kappa shape index (κ3) is 3.85. The van der Waals surface area contributed by atoms with Gasteiger partial charge in [-0.25, -0.2) is 8.78 Å². The van der Waals surface area contributed by atoms with Crippen LogP contribution in [-0.2, 0) is 6.54 Å². The SMILES string of the molecule is OCC[C@@H](NCc1ccc(F)cc1F)c1ccccc1. The molecule has 0 fully saturated rings. The molecule has 2 nitrogen and oxygen atoms in total. The first-order chi connectivity index (χ1) is 9.70. The first-order valence-electron chi connectivity index (χ1n) is 6.54. The van der Waals surface area contributed by atoms with Gasteiger partial charge in [0.2, 0.25) is 0 Å². The van der Waals surface area contributed by atoms with Crippen LogP contribution < -0.4 is 5.32 Å². The van der Waals surface area contributed by atoms with E-state index in [9.17, 15) is 8.78 Å². The molecule has 0 aliphatic rings. The number of aliphatic hydroxyl groups is 1. The fourth-order valence-corrected chi connectivity index (χ4v) is 2.10. The lowest BCUT2D eigenvalue weighted by molar-refractivity contribution is 0.265. The van der Waals surface area contributed by atoms with Gasteiger partial charge in [-0.2, -0.15) is 0 Å². The third-order valence-electron chi connectivity index (χ3n) is 3.17. The van der Waals surface area contributed by atoms with Crippen molar-refractivity contribution in [3.8, 4) is 0 Å². The molecule has 0 aliphatic carbocycles. The van der Waals surface area contributed by atoms with Crippen molar-refractivity contribution < 1.29 is 13.9 Å². The molecule has 0 saturated heterocycles. The van der Waals surface area contributed by atoms with Crippen LogP contribution in [0.15, 0.2) is 48.5 Å². The van der Waals surface area contributed by atoms with Crippen molar-refractivity contribution >= 4 is 0 Å². The first-order valence-corrected chi connectivity index (χ1v) is 6.54. The molecule has 2 rings (SSSR count). The van der Waals surface area contributed by atoms with Gasteiger partial charge >= 0.3 is 0 Å². The average molecular weight is 277 g/mol. The Balaban J connectivity index is 2.06. The Labute approximate surface area is 117 Å². The highest BCUT2D eigenvalue weighted by molar-refractivity contribution is 5.21. The zero-order chi connectivity index (χ0) is 14.4. The summed E-state index contributed by atoms with van der Waals surface area (Å²) < 4.78 is 26.4. The monoisotopic (exact) mass is 277 g/mol. The van der Waals surface area contributed by atoms with E-state index >= 15 is 0 Å². The van der Waals surface area contributed by atoms with Crippen LogP contribution in [0.4, 0.5) is 8.78 Å². The molecule has 1 atom stereocenters. The molecule has 0 spiro atoms. The summed E-state index contributed by atoms with van der Waals surface area (Å²) in [7, 11) is 0. The predicted molar refractivity (Wildman–Crippen MR) is 74.1 cm³/mol. The molecule has 2 aromatic carbocycles. The highest BCUT2D eigenvalue weighted by atomic mass is 19.1. The molecule has 0 radical (unpaired) electrons. The average Bonchev–Trinajstić information content (AvgIpc) is 2.46. The Hall–Kier alpha value is -1.78. The topological polar surface area (TPSA) is 32.3 Å². The lowest BCUT2D eigenvalue weighted by Crippen LogP contribution is -2.22. The summed E-state index contributed by atoms with van der Waals surface area (Å²) in [6, 6.07) is 13.1. The summed E-state index contributed by atoms with van der Waals surface area (Å²) in [4.78, 5) is 0. The largest absolute Gasteiger partial charge is 0.396 e. The minimum atomic E-state index is -0.582. The van der Waals surface area contributed by atoms with E-state index in [1.54, 1.807) is 0 Å². The molecule has 0 saturated carbocycles. The van der Waals surface area contributed by atoms with E-state index in [4.69, 9.17) is 5.11 Å². The van der Waals surface area contributed by atoms with E-state index in [-0.39, 0.29) is 19.2 Å². The smallest absolute Gasteiger partial charge is 0.130 e. The van der Waals surface area contributed by atoms with Crippen molar-refractivity contribution in [2.45, 2.75) is 19.0 Å². The van der Waals surface area contributed by atoms with Gasteiger partial charge in [-0.15, -0.1) is 0 Å². The summed E-state index contributed by atoms with van der Waals surface area (Å²) in [6.45, 7) is 0.324. The van der Waals surface area contributed by atoms with Gasteiger partial charge in [-0.1, -0.05) is 36.4 Å². The standard InChI is InChI=1S/C16H17F2NO/c17-14-7-6-13(15(18)10-14)11-19-16(8-9-20)12-4-2-1-3-5-12/h1-7,10,16,19-20H,8-9,11H2/t16-/m1/s1. The summed E-state index contributed by atoms with van der Waals surface area (Å²) in [5.74, 6) is -1.14. The molecule has 0 aliphatic heterocycles. The zero-order valence-corrected chi connectivity index (χ0v) is 11.0. The van der Waals surface area contributed by atoms with Crippen molar-refractivity contribution in [1.29, 1.82) is 0 Å². The van der Waals surface area contributed by atoms with Crippen LogP contribution in [0.3, 0.4) is 0 Å². The van der Waals surface area contributed by atoms with E-state index in [0.29, 0.717) is 12.0 Å². The maximum atomic E-state index is 13.6. The number of benzene rings is 2. The zero-order valence-electron chi connectivity index (χ0n) is 11.0. The Kier molecular flexibility index (Phi) is 5.21. The summed E-state index contributed by atoms with van der Waals surface area (Å²) in [5, 5.41) is 12.3. The van der Waals surface area contributed by atoms with Crippen molar-refractivity contribution in [2.24, 2.45) is 0 Å². The quantitative estimate of drug-likeness (QED) is 0.850. The van der Waals surface area contributed by atoms with E-state index < -0.39 is 11.6 Å². The number of hydrogen-bond acceptors (Lipinski definition) is 2. The van der Waals surface area contributed by atoms with Gasteiger partial charge in [0.1, 0.15) is 11.6 Å². The number of nitrogens with one attached hydrogen (secondary N) is 1. The van der Waals surface area contributed by atoms with Crippen LogP contribution in [0.2, 0.25) is 0 Å². The van der Waals surface area contributed by atoms with Crippen LogP contribution in [0, 0.1) is 11.6 Å². The molecule has 2 N–H and O–H groups in total. The third-order valence-corrected chi connectivity index (χ3v) is 3.17. The highest BCUT2D eigenvalue weighted by Crippen LogP contribution is 2.18. The Morgan fingerprint density at radius 3 is 2.45 bits per heavy atom. The summed E-state index contributed by atoms with van der Waals surface area (Å²) >= 11 is 0. The van der Waals surface area contributed by atoms with E-state index in [1.807, 2.05) is 30.3 Å². The van der Waals surface area contributed by atoms with Crippen LogP contribution in [0.5, 0.6) is 0 Å². The van der Waals surface area contributed by atoms with Gasteiger partial charge in [0.25, 0.3) is 0 Å². The molecule has 0 unspecified atom stereocenters. The number of rotatable bonds is 6. The molecular weight excluding hydrogens is 260 g/mol. The second-order valence-electron chi connectivity index (χ2n) is 4.59. The Morgan fingerprint density at radius 1 is 1.05 bits per heavy atom. The van der Waals surface area contributed by atoms with Crippen LogP contribution in [0.1, 0.15) is 23.6 Å². The minimum absolute atomic E-state index is 0.0401. The Bertz CT molecular complexity index is 545. The first kappa shape index (κ1) is 14.6. The number of aliphatic hydroxyl groups excluding tert-OH is 1. The molecule has 20 heavy (non-hydrogen) atoms. The number of hydrogen-bond donors (Lipinski definition) is 2. The summed E-state index contributed by atoms with van der Waals surface area (Å²) in [5.41, 5.74) is 1.44. The van der Waals surface area contributed by atoms with Gasteiger partial charge in [-0.3, -0.25) is 0 Å². The van der Waals surface area contributed by atoms with E-state index in [1.165, 1.54) is 12.1 Å². The van der Waals surface area contributed by atoms with E-state index in [2.05, 4.69) is 5.32 Å². The van der Waals surface area contributed by atoms with Crippen LogP contribution in [0.25, 0.3) is 0 Å². The highest BCUT2D eigenvalue weighted by Gasteiger charge is 2.11. The van der Waals surface area contributed by atoms with Crippen molar-refractivity contribution in [1.82, 2.24) is 5.32 Å². The van der Waals surface area contributed by atoms with Gasteiger partial charge in [0.05, 0.1) is 0 Å². The molecule has 2 aromatic rings. The maximum Gasteiger partial charge on any atom is 0.130 e. The molecule has 0 bridgehead atoms. The fraction of sp³-hybridized carbons (Fsp3) is 0.250. The molecule has 0 amide bonds. The van der Waals surface area contributed by atoms with Gasteiger partial charge < -0.3 is 10.4 Å². The van der Waals surface area contributed by atoms with Crippen molar-refractivity contribution in [3.05, 3.63) is 71.3 Å². The lowest BCUT2D eigenvalue weighted by Gasteiger charge is -2.18. The maximum absolute atomic E-state index is 13.6. The normalized spacial score (nSPS) is 12.3. The predicted octanol–water partition coefficient (Wildman–Crippen LogP) is 3.18. The molecule has 0 heterocycles. The lowest BCUT2D eigenvalue weighted by atomic mass is 10.0. The van der Waals surface area contributed by atoms with Gasteiger partial charge in [0, 0.05) is 30.8 Å². The van der Waals surface area contributed by atoms with Crippen LogP contribution in [-0.4, -0.2) is 11.7 Å². The second kappa shape index (κ2) is 7.12. The molecule has 4 heteroatoms. The minimum Gasteiger partial charge on any atom is -0.396 e. The van der Waals surface area contributed by atoms with Crippen molar-refractivity contribution in [2.75, 3.05) is 6.61 Å². The van der Waals surface area contributed by atoms with Gasteiger partial charge in [0.15, 0.2) is 0 Å². The number of halogens is 2. The van der Waals surface area contributed by atoms with Crippen LogP contribution >= 0.6 is 0 Å². The van der Waals surface area contributed by atoms with E-state index in [0.717, 1.165) is 11.6 Å². The molecule has 106 valence electrons. The second-order valence-corrected chi connectivity index (χ2v) is 4.59.